The molecule has 0 aliphatic rings. The Balaban J connectivity index is 2.82. The molecule has 1 atom stereocenters. The number of rotatable bonds is 4. The minimum absolute atomic E-state index is 0.175. The van der Waals surface area contributed by atoms with Gasteiger partial charge in [0.2, 0.25) is 0 Å². The van der Waals surface area contributed by atoms with Crippen molar-refractivity contribution in [1.29, 1.82) is 0 Å². The van der Waals surface area contributed by atoms with Crippen LogP contribution in [0.4, 0.5) is 13.2 Å². The summed E-state index contributed by atoms with van der Waals surface area (Å²) in [5.74, 6) is -3.42. The highest BCUT2D eigenvalue weighted by Gasteiger charge is 2.14. The summed E-state index contributed by atoms with van der Waals surface area (Å²) in [6.07, 6.45) is 0.393. The fourth-order valence-electron chi connectivity index (χ4n) is 1.52. The quantitative estimate of drug-likeness (QED) is 0.764. The van der Waals surface area contributed by atoms with Crippen LogP contribution in [0.15, 0.2) is 12.1 Å². The Hall–Kier alpha value is -1.03. The molecule has 1 aromatic carbocycles. The second kappa shape index (κ2) is 5.16. The fourth-order valence-corrected chi connectivity index (χ4v) is 1.52. The fraction of sp³-hybridized carbons (Fsp3) is 0.455. The molecule has 1 rings (SSSR count). The van der Waals surface area contributed by atoms with E-state index in [1.807, 2.05) is 6.92 Å². The molecule has 1 aromatic rings. The van der Waals surface area contributed by atoms with Gasteiger partial charge in [-0.15, -0.1) is 0 Å². The number of nitrogens with one attached hydrogen (secondary N) is 1. The summed E-state index contributed by atoms with van der Waals surface area (Å²) in [6.45, 7) is 2.62. The summed E-state index contributed by atoms with van der Waals surface area (Å²) in [6, 6.07) is 2.25. The largest absolute Gasteiger partial charge is 0.319 e. The third-order valence-corrected chi connectivity index (χ3v) is 2.24. The summed E-state index contributed by atoms with van der Waals surface area (Å²) in [7, 11) is 1.79. The second-order valence-corrected chi connectivity index (χ2v) is 3.70. The van der Waals surface area contributed by atoms with Crippen molar-refractivity contribution in [3.63, 3.8) is 0 Å². The molecule has 0 fully saturated rings. The maximum Gasteiger partial charge on any atom is 0.194 e. The lowest BCUT2D eigenvalue weighted by Crippen LogP contribution is -2.18. The predicted octanol–water partition coefficient (Wildman–Crippen LogP) is 2.50. The first-order chi connectivity index (χ1) is 7.06. The molecule has 84 valence electrons. The summed E-state index contributed by atoms with van der Waals surface area (Å²) < 4.78 is 38.7. The normalized spacial score (nSPS) is 12.9. The third kappa shape index (κ3) is 2.96. The molecular weight excluding hydrogens is 203 g/mol. The lowest BCUT2D eigenvalue weighted by atomic mass is 10.0. The molecule has 1 nitrogen and oxygen atoms in total. The molecule has 0 radical (unpaired) electrons. The van der Waals surface area contributed by atoms with Crippen LogP contribution in [0.5, 0.6) is 0 Å². The van der Waals surface area contributed by atoms with E-state index in [4.69, 9.17) is 0 Å². The Morgan fingerprint density at radius 2 is 1.87 bits per heavy atom. The number of hydrogen-bond acceptors (Lipinski definition) is 1. The van der Waals surface area contributed by atoms with E-state index in [1.54, 1.807) is 7.05 Å². The third-order valence-electron chi connectivity index (χ3n) is 2.24. The van der Waals surface area contributed by atoms with Gasteiger partial charge in [0.05, 0.1) is 0 Å². The number of halogens is 3. The Bertz CT molecular complexity index is 339. The highest BCUT2D eigenvalue weighted by atomic mass is 19.2. The van der Waals surface area contributed by atoms with Gasteiger partial charge in [-0.1, -0.05) is 13.0 Å². The van der Waals surface area contributed by atoms with Crippen LogP contribution in [0.25, 0.3) is 0 Å². The first-order valence-electron chi connectivity index (χ1n) is 4.83. The average Bonchev–Trinajstić information content (AvgIpc) is 2.20. The van der Waals surface area contributed by atoms with E-state index >= 15 is 0 Å². The highest BCUT2D eigenvalue weighted by Crippen LogP contribution is 2.17. The molecule has 4 heteroatoms. The minimum atomic E-state index is -1.39. The van der Waals surface area contributed by atoms with E-state index in [-0.39, 0.29) is 11.5 Å². The van der Waals surface area contributed by atoms with Crippen LogP contribution in [-0.2, 0) is 6.42 Å². The molecule has 0 amide bonds. The molecule has 0 saturated heterocycles. The standard InChI is InChI=1S/C11H14F3N/c1-7(6-15-2)5-8-3-4-9(12)11(14)10(8)13/h3-4,7,15H,5-6H2,1-2H3. The monoisotopic (exact) mass is 217 g/mol. The Kier molecular flexibility index (Phi) is 4.15. The van der Waals surface area contributed by atoms with Crippen molar-refractivity contribution >= 4 is 0 Å². The van der Waals surface area contributed by atoms with Crippen LogP contribution in [0.3, 0.4) is 0 Å². The SMILES string of the molecule is CNCC(C)Cc1ccc(F)c(F)c1F. The van der Waals surface area contributed by atoms with Gasteiger partial charge in [-0.2, -0.15) is 0 Å². The van der Waals surface area contributed by atoms with Gasteiger partial charge in [0.15, 0.2) is 17.5 Å². The molecule has 0 heterocycles. The maximum atomic E-state index is 13.2. The van der Waals surface area contributed by atoms with E-state index in [0.29, 0.717) is 13.0 Å². The van der Waals surface area contributed by atoms with Gasteiger partial charge in [0.25, 0.3) is 0 Å². The zero-order valence-corrected chi connectivity index (χ0v) is 8.78. The molecule has 0 saturated carbocycles. The van der Waals surface area contributed by atoms with E-state index in [1.165, 1.54) is 6.07 Å². The van der Waals surface area contributed by atoms with Crippen LogP contribution in [0, 0.1) is 23.4 Å². The molecule has 0 bridgehead atoms. The van der Waals surface area contributed by atoms with Crippen LogP contribution in [0.1, 0.15) is 12.5 Å². The summed E-state index contributed by atoms with van der Waals surface area (Å²) in [5.41, 5.74) is 0.219. The van der Waals surface area contributed by atoms with Crippen LogP contribution in [-0.4, -0.2) is 13.6 Å². The Morgan fingerprint density at radius 1 is 1.20 bits per heavy atom. The van der Waals surface area contributed by atoms with Crippen molar-refractivity contribution in [3.05, 3.63) is 35.1 Å². The minimum Gasteiger partial charge on any atom is -0.319 e. The Morgan fingerprint density at radius 3 is 2.47 bits per heavy atom. The van der Waals surface area contributed by atoms with Gasteiger partial charge in [0.1, 0.15) is 0 Å². The molecule has 0 aromatic heterocycles. The van der Waals surface area contributed by atoms with Gasteiger partial charge in [0, 0.05) is 0 Å². The first kappa shape index (κ1) is 12.0. The van der Waals surface area contributed by atoms with Crippen molar-refractivity contribution < 1.29 is 13.2 Å². The van der Waals surface area contributed by atoms with Crippen molar-refractivity contribution in [1.82, 2.24) is 5.32 Å². The van der Waals surface area contributed by atoms with Crippen LogP contribution >= 0.6 is 0 Å². The lowest BCUT2D eigenvalue weighted by molar-refractivity contribution is 0.433. The van der Waals surface area contributed by atoms with Crippen LogP contribution < -0.4 is 5.32 Å². The van der Waals surface area contributed by atoms with Gasteiger partial charge < -0.3 is 5.32 Å². The molecule has 15 heavy (non-hydrogen) atoms. The topological polar surface area (TPSA) is 12.0 Å². The summed E-state index contributed by atoms with van der Waals surface area (Å²) in [4.78, 5) is 0. The van der Waals surface area contributed by atoms with Crippen molar-refractivity contribution in [2.45, 2.75) is 13.3 Å². The van der Waals surface area contributed by atoms with E-state index in [0.717, 1.165) is 6.07 Å². The molecule has 0 spiro atoms. The van der Waals surface area contributed by atoms with Crippen molar-refractivity contribution in [2.24, 2.45) is 5.92 Å². The van der Waals surface area contributed by atoms with Crippen molar-refractivity contribution in [2.75, 3.05) is 13.6 Å². The highest BCUT2D eigenvalue weighted by molar-refractivity contribution is 5.20. The molecule has 1 N–H and O–H groups in total. The molecule has 0 aliphatic heterocycles. The van der Waals surface area contributed by atoms with Gasteiger partial charge in [-0.05, 0) is 37.6 Å². The molecular formula is C11H14F3N. The lowest BCUT2D eigenvalue weighted by Gasteiger charge is -2.11. The smallest absolute Gasteiger partial charge is 0.194 e. The van der Waals surface area contributed by atoms with Crippen molar-refractivity contribution in [3.8, 4) is 0 Å². The number of hydrogen-bond donors (Lipinski definition) is 1. The van der Waals surface area contributed by atoms with E-state index in [9.17, 15) is 13.2 Å². The summed E-state index contributed by atoms with van der Waals surface area (Å²) in [5, 5.41) is 2.94. The average molecular weight is 217 g/mol. The predicted molar refractivity (Wildman–Crippen MR) is 53.1 cm³/mol. The zero-order chi connectivity index (χ0) is 11.4. The van der Waals surface area contributed by atoms with E-state index in [2.05, 4.69) is 5.32 Å². The van der Waals surface area contributed by atoms with Gasteiger partial charge in [-0.25, -0.2) is 13.2 Å². The maximum absolute atomic E-state index is 13.2. The molecule has 1 unspecified atom stereocenters. The summed E-state index contributed by atoms with van der Waals surface area (Å²) >= 11 is 0. The first-order valence-corrected chi connectivity index (χ1v) is 4.83. The number of benzene rings is 1. The Labute approximate surface area is 87.3 Å². The van der Waals surface area contributed by atoms with Gasteiger partial charge in [-0.3, -0.25) is 0 Å². The second-order valence-electron chi connectivity index (χ2n) is 3.70. The molecule has 0 aliphatic carbocycles. The zero-order valence-electron chi connectivity index (χ0n) is 8.78. The van der Waals surface area contributed by atoms with E-state index < -0.39 is 17.5 Å². The van der Waals surface area contributed by atoms with Crippen LogP contribution in [0.2, 0.25) is 0 Å². The van der Waals surface area contributed by atoms with Gasteiger partial charge >= 0.3 is 0 Å².